The largest absolute Gasteiger partial charge is 0.506 e. The predicted octanol–water partition coefficient (Wildman–Crippen LogP) is 4.14. The van der Waals surface area contributed by atoms with Crippen LogP contribution >= 0.6 is 0 Å². The summed E-state index contributed by atoms with van der Waals surface area (Å²) in [6.45, 7) is 0. The molecule has 8 heteroatoms. The van der Waals surface area contributed by atoms with E-state index in [9.17, 15) is 10.2 Å². The van der Waals surface area contributed by atoms with E-state index >= 15 is 0 Å². The number of phenols is 2. The minimum absolute atomic E-state index is 0.0928. The van der Waals surface area contributed by atoms with E-state index in [-0.39, 0.29) is 11.5 Å². The molecule has 0 atom stereocenters. The van der Waals surface area contributed by atoms with Crippen LogP contribution in [0.15, 0.2) is 72.8 Å². The summed E-state index contributed by atoms with van der Waals surface area (Å²) in [4.78, 5) is 17.5. The van der Waals surface area contributed by atoms with Crippen molar-refractivity contribution in [3.8, 4) is 11.5 Å². The molecule has 6 rings (SSSR count). The molecule has 0 radical (unpaired) electrons. The fourth-order valence-electron chi connectivity index (χ4n) is 3.45. The number of rotatable bonds is 0. The van der Waals surface area contributed by atoms with Gasteiger partial charge < -0.3 is 21.7 Å². The minimum atomic E-state index is 0.0928. The molecule has 6 aromatic rings. The van der Waals surface area contributed by atoms with Gasteiger partial charge in [0.15, 0.2) is 0 Å². The summed E-state index contributed by atoms with van der Waals surface area (Å²) >= 11 is 0. The van der Waals surface area contributed by atoms with Crippen LogP contribution in [0, 0.1) is 0 Å². The lowest BCUT2D eigenvalue weighted by Crippen LogP contribution is -1.95. The van der Waals surface area contributed by atoms with Crippen LogP contribution in [0.2, 0.25) is 0 Å². The van der Waals surface area contributed by atoms with E-state index in [1.165, 1.54) is 0 Å². The normalized spacial score (nSPS) is 11.0. The van der Waals surface area contributed by atoms with Crippen LogP contribution in [0.1, 0.15) is 0 Å². The Balaban J connectivity index is 0.000000135. The summed E-state index contributed by atoms with van der Waals surface area (Å²) in [5.41, 5.74) is 18.0. The molecular weight excluding hydrogens is 404 g/mol. The molecule has 0 aliphatic carbocycles. The van der Waals surface area contributed by atoms with E-state index in [2.05, 4.69) is 19.9 Å². The van der Waals surface area contributed by atoms with Crippen LogP contribution in [0.3, 0.4) is 0 Å². The van der Waals surface area contributed by atoms with Gasteiger partial charge in [-0.2, -0.15) is 0 Å². The quantitative estimate of drug-likeness (QED) is 0.211. The molecule has 32 heavy (non-hydrogen) atoms. The summed E-state index contributed by atoms with van der Waals surface area (Å²) in [7, 11) is 0. The van der Waals surface area contributed by atoms with Crippen molar-refractivity contribution in [1.29, 1.82) is 0 Å². The van der Waals surface area contributed by atoms with Crippen molar-refractivity contribution in [1.82, 2.24) is 19.9 Å². The van der Waals surface area contributed by atoms with E-state index in [0.717, 1.165) is 22.1 Å². The molecule has 0 saturated carbocycles. The molecule has 0 bridgehead atoms. The van der Waals surface area contributed by atoms with Crippen molar-refractivity contribution in [3.63, 3.8) is 0 Å². The van der Waals surface area contributed by atoms with Gasteiger partial charge in [-0.1, -0.05) is 24.3 Å². The first-order valence-electron chi connectivity index (χ1n) is 9.79. The van der Waals surface area contributed by atoms with E-state index in [1.807, 2.05) is 36.4 Å². The molecule has 0 spiro atoms. The molecule has 2 heterocycles. The Morgan fingerprint density at radius 3 is 1.16 bits per heavy atom. The maximum absolute atomic E-state index is 9.63. The van der Waals surface area contributed by atoms with Crippen LogP contribution in [0.25, 0.3) is 44.1 Å². The fourth-order valence-corrected chi connectivity index (χ4v) is 3.45. The molecule has 6 N–H and O–H groups in total. The number of nitrogens with zero attached hydrogens (tertiary/aromatic N) is 4. The van der Waals surface area contributed by atoms with Crippen molar-refractivity contribution in [2.45, 2.75) is 0 Å². The second-order valence-electron chi connectivity index (χ2n) is 7.17. The molecule has 4 aromatic carbocycles. The lowest BCUT2D eigenvalue weighted by molar-refractivity contribution is 0.478. The average Bonchev–Trinajstić information content (AvgIpc) is 2.79. The number of hydrogen-bond donors (Lipinski definition) is 4. The predicted molar refractivity (Wildman–Crippen MR) is 126 cm³/mol. The van der Waals surface area contributed by atoms with Gasteiger partial charge in [0.2, 0.25) is 0 Å². The standard InChI is InChI=1S/C12H10N4.C12H8N2O2/c13-7-3-1-5-9-11(7)16-10-6-2-4-8(14)12(10)15-9;15-9-5-1-3-7-11(9)14-8-4-2-6-10(16)12(8)13-7/h1-6H,13-14H2;1-6,15-16H. The van der Waals surface area contributed by atoms with Gasteiger partial charge in [-0.25, -0.2) is 19.9 Å². The Labute approximate surface area is 181 Å². The maximum Gasteiger partial charge on any atom is 0.143 e. The summed E-state index contributed by atoms with van der Waals surface area (Å²) in [5, 5.41) is 19.3. The Morgan fingerprint density at radius 2 is 0.750 bits per heavy atom. The van der Waals surface area contributed by atoms with Crippen LogP contribution < -0.4 is 11.5 Å². The zero-order chi connectivity index (χ0) is 22.2. The third kappa shape index (κ3) is 3.29. The fraction of sp³-hybridized carbons (Fsp3) is 0. The molecule has 8 nitrogen and oxygen atoms in total. The van der Waals surface area contributed by atoms with Gasteiger partial charge in [-0.3, -0.25) is 0 Å². The molecule has 0 fully saturated rings. The minimum Gasteiger partial charge on any atom is -0.506 e. The van der Waals surface area contributed by atoms with Gasteiger partial charge in [-0.15, -0.1) is 0 Å². The van der Waals surface area contributed by atoms with Crippen molar-refractivity contribution in [2.24, 2.45) is 0 Å². The first kappa shape index (κ1) is 19.3. The van der Waals surface area contributed by atoms with E-state index < -0.39 is 0 Å². The van der Waals surface area contributed by atoms with Gasteiger partial charge in [0.1, 0.15) is 33.6 Å². The number of benzene rings is 4. The summed E-state index contributed by atoms with van der Waals surface area (Å²) < 4.78 is 0. The highest BCUT2D eigenvalue weighted by molar-refractivity contribution is 5.96. The number of phenolic OH excluding ortho intramolecular Hbond substituents is 2. The summed E-state index contributed by atoms with van der Waals surface area (Å²) in [6.07, 6.45) is 0. The molecule has 0 saturated heterocycles. The van der Waals surface area contributed by atoms with Gasteiger partial charge in [0, 0.05) is 0 Å². The second kappa shape index (κ2) is 7.51. The molecule has 2 aromatic heterocycles. The lowest BCUT2D eigenvalue weighted by atomic mass is 10.2. The zero-order valence-corrected chi connectivity index (χ0v) is 16.8. The third-order valence-electron chi connectivity index (χ3n) is 5.01. The zero-order valence-electron chi connectivity index (χ0n) is 16.8. The highest BCUT2D eigenvalue weighted by atomic mass is 16.3. The van der Waals surface area contributed by atoms with E-state index in [1.54, 1.807) is 36.4 Å². The Bertz CT molecular complexity index is 1390. The number of para-hydroxylation sites is 4. The topological polar surface area (TPSA) is 144 Å². The molecular formula is C24H18N6O2. The smallest absolute Gasteiger partial charge is 0.143 e. The summed E-state index contributed by atoms with van der Waals surface area (Å²) in [6, 6.07) is 21.1. The number of nitrogens with two attached hydrogens (primary N) is 2. The number of nitrogen functional groups attached to an aromatic ring is 2. The number of anilines is 2. The highest BCUT2D eigenvalue weighted by Crippen LogP contribution is 2.27. The van der Waals surface area contributed by atoms with Gasteiger partial charge in [-0.05, 0) is 48.5 Å². The first-order chi connectivity index (χ1) is 15.5. The van der Waals surface area contributed by atoms with Crippen molar-refractivity contribution >= 4 is 55.5 Å². The molecule has 0 amide bonds. The molecule has 0 aliphatic heterocycles. The number of fused-ring (bicyclic) bond motifs is 4. The first-order valence-corrected chi connectivity index (χ1v) is 9.79. The van der Waals surface area contributed by atoms with Gasteiger partial charge in [0.25, 0.3) is 0 Å². The lowest BCUT2D eigenvalue weighted by Gasteiger charge is -2.04. The summed E-state index contributed by atoms with van der Waals surface area (Å²) in [5.74, 6) is 0.186. The van der Waals surface area contributed by atoms with Crippen LogP contribution in [0.4, 0.5) is 11.4 Å². The SMILES string of the molecule is Nc1cccc2nc3c(N)cccc3nc12.Oc1cccc2nc3c(O)cccc3nc12. The Hall–Kier alpha value is -4.72. The maximum atomic E-state index is 9.63. The van der Waals surface area contributed by atoms with Gasteiger partial charge in [0.05, 0.1) is 33.4 Å². The molecule has 0 aliphatic rings. The highest BCUT2D eigenvalue weighted by Gasteiger charge is 2.07. The second-order valence-corrected chi connectivity index (χ2v) is 7.17. The van der Waals surface area contributed by atoms with Crippen molar-refractivity contribution in [3.05, 3.63) is 72.8 Å². The number of hydrogen-bond acceptors (Lipinski definition) is 8. The van der Waals surface area contributed by atoms with Gasteiger partial charge >= 0.3 is 0 Å². The average molecular weight is 422 g/mol. The van der Waals surface area contributed by atoms with E-state index in [0.29, 0.717) is 33.4 Å². The van der Waals surface area contributed by atoms with Crippen molar-refractivity contribution < 1.29 is 10.2 Å². The Kier molecular flexibility index (Phi) is 4.52. The van der Waals surface area contributed by atoms with E-state index in [4.69, 9.17) is 11.5 Å². The van der Waals surface area contributed by atoms with Crippen LogP contribution in [-0.2, 0) is 0 Å². The monoisotopic (exact) mass is 422 g/mol. The molecule has 156 valence electrons. The molecule has 0 unspecified atom stereocenters. The number of aromatic nitrogens is 4. The van der Waals surface area contributed by atoms with Crippen molar-refractivity contribution in [2.75, 3.05) is 11.5 Å². The number of aromatic hydroxyl groups is 2. The third-order valence-corrected chi connectivity index (χ3v) is 5.01. The van der Waals surface area contributed by atoms with Crippen LogP contribution in [0.5, 0.6) is 11.5 Å². The Morgan fingerprint density at radius 1 is 0.438 bits per heavy atom. The van der Waals surface area contributed by atoms with Crippen LogP contribution in [-0.4, -0.2) is 30.1 Å².